The van der Waals surface area contributed by atoms with Crippen molar-refractivity contribution in [2.45, 2.75) is 12.7 Å². The SMILES string of the molecule is CN1CCN(Cc2ccc(OC(N)=O)cc2C(F)(F)F)CC1. The highest BCUT2D eigenvalue weighted by Gasteiger charge is 2.34. The quantitative estimate of drug-likeness (QED) is 0.925. The first-order valence-corrected chi connectivity index (χ1v) is 6.84. The molecule has 0 aromatic heterocycles. The Balaban J connectivity index is 2.20. The minimum absolute atomic E-state index is 0.161. The number of carbonyl (C=O) groups excluding carboxylic acids is 1. The number of halogens is 3. The van der Waals surface area contributed by atoms with Crippen molar-refractivity contribution in [3.63, 3.8) is 0 Å². The first kappa shape index (κ1) is 16.6. The number of hydrogen-bond donors (Lipinski definition) is 1. The van der Waals surface area contributed by atoms with Crippen LogP contribution in [-0.2, 0) is 12.7 Å². The molecule has 1 aliphatic rings. The highest BCUT2D eigenvalue weighted by atomic mass is 19.4. The summed E-state index contributed by atoms with van der Waals surface area (Å²) in [6, 6.07) is 3.47. The van der Waals surface area contributed by atoms with Crippen molar-refractivity contribution in [2.24, 2.45) is 5.73 Å². The number of carbonyl (C=O) groups is 1. The van der Waals surface area contributed by atoms with Crippen molar-refractivity contribution in [1.29, 1.82) is 0 Å². The smallest absolute Gasteiger partial charge is 0.410 e. The molecular weight excluding hydrogens is 299 g/mol. The van der Waals surface area contributed by atoms with Crippen LogP contribution in [0.2, 0.25) is 0 Å². The second-order valence-corrected chi connectivity index (χ2v) is 5.32. The molecule has 0 unspecified atom stereocenters. The van der Waals surface area contributed by atoms with Crippen molar-refractivity contribution in [1.82, 2.24) is 9.80 Å². The van der Waals surface area contributed by atoms with Crippen LogP contribution in [0.4, 0.5) is 18.0 Å². The monoisotopic (exact) mass is 317 g/mol. The van der Waals surface area contributed by atoms with Crippen molar-refractivity contribution in [3.05, 3.63) is 29.3 Å². The number of nitrogens with zero attached hydrogens (tertiary/aromatic N) is 2. The van der Waals surface area contributed by atoms with Gasteiger partial charge in [0.1, 0.15) is 5.75 Å². The molecule has 0 radical (unpaired) electrons. The largest absolute Gasteiger partial charge is 0.416 e. The van der Waals surface area contributed by atoms with Gasteiger partial charge in [-0.25, -0.2) is 4.79 Å². The van der Waals surface area contributed by atoms with Crippen LogP contribution in [0.25, 0.3) is 0 Å². The van der Waals surface area contributed by atoms with Crippen LogP contribution < -0.4 is 10.5 Å². The summed E-state index contributed by atoms with van der Waals surface area (Å²) in [6.45, 7) is 3.29. The Hall–Kier alpha value is -1.80. The molecular formula is C14H18F3N3O2. The number of rotatable bonds is 3. The number of primary amides is 1. The van der Waals surface area contributed by atoms with Gasteiger partial charge in [-0.05, 0) is 24.7 Å². The fourth-order valence-corrected chi connectivity index (χ4v) is 2.38. The molecule has 122 valence electrons. The summed E-state index contributed by atoms with van der Waals surface area (Å²) in [5.41, 5.74) is 4.19. The van der Waals surface area contributed by atoms with E-state index in [4.69, 9.17) is 5.73 Å². The molecule has 1 aromatic rings. The average molecular weight is 317 g/mol. The van der Waals surface area contributed by atoms with Crippen molar-refractivity contribution >= 4 is 6.09 Å². The molecule has 0 saturated carbocycles. The van der Waals surface area contributed by atoms with Gasteiger partial charge in [0.15, 0.2) is 0 Å². The number of hydrogen-bond acceptors (Lipinski definition) is 4. The van der Waals surface area contributed by atoms with Gasteiger partial charge in [0.25, 0.3) is 0 Å². The summed E-state index contributed by atoms with van der Waals surface area (Å²) in [5, 5.41) is 0. The Bertz CT molecular complexity index is 541. The van der Waals surface area contributed by atoms with Gasteiger partial charge in [0.2, 0.25) is 0 Å². The molecule has 2 N–H and O–H groups in total. The van der Waals surface area contributed by atoms with Gasteiger partial charge in [-0.3, -0.25) is 4.90 Å². The zero-order valence-corrected chi connectivity index (χ0v) is 12.2. The van der Waals surface area contributed by atoms with Gasteiger partial charge in [-0.15, -0.1) is 0 Å². The Morgan fingerprint density at radius 3 is 2.45 bits per heavy atom. The van der Waals surface area contributed by atoms with E-state index in [9.17, 15) is 18.0 Å². The van der Waals surface area contributed by atoms with Crippen molar-refractivity contribution in [2.75, 3.05) is 33.2 Å². The molecule has 0 aliphatic carbocycles. The van der Waals surface area contributed by atoms with E-state index in [1.54, 1.807) is 0 Å². The summed E-state index contributed by atoms with van der Waals surface area (Å²) in [6.07, 6.45) is -5.65. The van der Waals surface area contributed by atoms with Crippen molar-refractivity contribution < 1.29 is 22.7 Å². The number of ether oxygens (including phenoxy) is 1. The summed E-state index contributed by atoms with van der Waals surface area (Å²) in [4.78, 5) is 14.8. The van der Waals surface area contributed by atoms with Crippen LogP contribution >= 0.6 is 0 Å². The molecule has 0 spiro atoms. The van der Waals surface area contributed by atoms with Crippen LogP contribution in [0.3, 0.4) is 0 Å². The van der Waals surface area contributed by atoms with Gasteiger partial charge < -0.3 is 15.4 Å². The number of alkyl halides is 3. The van der Waals surface area contributed by atoms with Crippen molar-refractivity contribution in [3.8, 4) is 5.75 Å². The van der Waals surface area contributed by atoms with Crippen LogP contribution in [0, 0.1) is 0 Å². The molecule has 5 nitrogen and oxygen atoms in total. The normalized spacial score (nSPS) is 17.5. The molecule has 1 saturated heterocycles. The molecule has 1 amide bonds. The number of nitrogens with two attached hydrogens (primary N) is 1. The number of piperazine rings is 1. The van der Waals surface area contributed by atoms with Gasteiger partial charge in [0.05, 0.1) is 5.56 Å². The van der Waals surface area contributed by atoms with E-state index in [0.29, 0.717) is 13.1 Å². The van der Waals surface area contributed by atoms with Gasteiger partial charge >= 0.3 is 12.3 Å². The van der Waals surface area contributed by atoms with Crippen LogP contribution in [0.1, 0.15) is 11.1 Å². The summed E-state index contributed by atoms with van der Waals surface area (Å²) < 4.78 is 44.1. The lowest BCUT2D eigenvalue weighted by Crippen LogP contribution is -2.44. The standard InChI is InChI=1S/C14H18F3N3O2/c1-19-4-6-20(7-5-19)9-10-2-3-11(22-13(18)21)8-12(10)14(15,16)17/h2-3,8H,4-7,9H2,1H3,(H2,18,21). The Morgan fingerprint density at radius 1 is 1.27 bits per heavy atom. The zero-order chi connectivity index (χ0) is 16.3. The van der Waals surface area contributed by atoms with E-state index in [1.807, 2.05) is 11.9 Å². The topological polar surface area (TPSA) is 58.8 Å². The number of likely N-dealkylation sites (N-methyl/N-ethyl adjacent to an activating group) is 1. The lowest BCUT2D eigenvalue weighted by atomic mass is 10.1. The Labute approximate surface area is 126 Å². The summed E-state index contributed by atoms with van der Waals surface area (Å²) in [5.74, 6) is -0.207. The minimum atomic E-state index is -4.51. The molecule has 1 fully saturated rings. The number of benzene rings is 1. The van der Waals surface area contributed by atoms with E-state index in [1.165, 1.54) is 12.1 Å². The van der Waals surface area contributed by atoms with Gasteiger partial charge in [-0.1, -0.05) is 6.07 Å². The van der Waals surface area contributed by atoms with E-state index < -0.39 is 17.8 Å². The molecule has 0 bridgehead atoms. The molecule has 22 heavy (non-hydrogen) atoms. The van der Waals surface area contributed by atoms with E-state index in [2.05, 4.69) is 9.64 Å². The second kappa shape index (κ2) is 6.53. The third kappa shape index (κ3) is 4.35. The molecule has 2 rings (SSSR count). The van der Waals surface area contributed by atoms with E-state index >= 15 is 0 Å². The highest BCUT2D eigenvalue weighted by Crippen LogP contribution is 2.35. The molecule has 1 aliphatic heterocycles. The maximum Gasteiger partial charge on any atom is 0.416 e. The minimum Gasteiger partial charge on any atom is -0.410 e. The lowest BCUT2D eigenvalue weighted by molar-refractivity contribution is -0.138. The average Bonchev–Trinajstić information content (AvgIpc) is 2.41. The summed E-state index contributed by atoms with van der Waals surface area (Å²) >= 11 is 0. The molecule has 1 aromatic carbocycles. The summed E-state index contributed by atoms with van der Waals surface area (Å²) in [7, 11) is 1.98. The molecule has 1 heterocycles. The van der Waals surface area contributed by atoms with Crippen LogP contribution in [-0.4, -0.2) is 49.1 Å². The predicted octanol–water partition coefficient (Wildman–Crippen LogP) is 1.91. The highest BCUT2D eigenvalue weighted by molar-refractivity contribution is 5.68. The van der Waals surface area contributed by atoms with E-state index in [0.717, 1.165) is 19.2 Å². The van der Waals surface area contributed by atoms with Gasteiger partial charge in [0, 0.05) is 32.7 Å². The Morgan fingerprint density at radius 2 is 1.91 bits per heavy atom. The molecule has 8 heteroatoms. The predicted molar refractivity (Wildman–Crippen MR) is 74.4 cm³/mol. The fraction of sp³-hybridized carbons (Fsp3) is 0.500. The third-order valence-electron chi connectivity index (χ3n) is 3.60. The fourth-order valence-electron chi connectivity index (χ4n) is 2.38. The maximum absolute atomic E-state index is 13.2. The van der Waals surface area contributed by atoms with Crippen LogP contribution in [0.5, 0.6) is 5.75 Å². The lowest BCUT2D eigenvalue weighted by Gasteiger charge is -2.32. The molecule has 0 atom stereocenters. The first-order valence-electron chi connectivity index (χ1n) is 6.84. The third-order valence-corrected chi connectivity index (χ3v) is 3.60. The van der Waals surface area contributed by atoms with Gasteiger partial charge in [-0.2, -0.15) is 13.2 Å². The zero-order valence-electron chi connectivity index (χ0n) is 12.2. The maximum atomic E-state index is 13.2. The first-order chi connectivity index (χ1) is 10.3. The second-order valence-electron chi connectivity index (χ2n) is 5.32. The van der Waals surface area contributed by atoms with Crippen LogP contribution in [0.15, 0.2) is 18.2 Å². The number of amides is 1. The Kier molecular flexibility index (Phi) is 4.92. The van der Waals surface area contributed by atoms with E-state index in [-0.39, 0.29) is 17.9 Å².